The molecule has 42 heavy (non-hydrogen) atoms. The van der Waals surface area contributed by atoms with Gasteiger partial charge in [0.25, 0.3) is 0 Å². The van der Waals surface area contributed by atoms with Crippen molar-refractivity contribution < 1.29 is 89.1 Å². The van der Waals surface area contributed by atoms with Crippen LogP contribution in [-0.4, -0.2) is 42.4 Å². The van der Waals surface area contributed by atoms with Crippen LogP contribution in [0, 0.1) is 0 Å². The third-order valence-electron chi connectivity index (χ3n) is 2.26. The van der Waals surface area contributed by atoms with Crippen LogP contribution >= 0.6 is 0 Å². The molecule has 2 rings (SSSR count). The van der Waals surface area contributed by atoms with Gasteiger partial charge in [0, 0.05) is 11.1 Å². The van der Waals surface area contributed by atoms with E-state index in [1.807, 2.05) is 0 Å². The van der Waals surface area contributed by atoms with Gasteiger partial charge in [-0.2, -0.15) is 0 Å². The molecular weight excluding hydrogens is 612 g/mol. The van der Waals surface area contributed by atoms with Gasteiger partial charge in [-0.05, 0) is 0 Å². The maximum absolute atomic E-state index is 11.9. The van der Waals surface area contributed by atoms with E-state index in [1.54, 1.807) is 107 Å². The minimum atomic E-state index is -0.517. The second-order valence-electron chi connectivity index (χ2n) is 9.61. The van der Waals surface area contributed by atoms with E-state index in [-0.39, 0.29) is 66.1 Å². The summed E-state index contributed by atoms with van der Waals surface area (Å²) in [6.45, 7) is 19.3. The number of para-hydroxylation sites is 2. The van der Waals surface area contributed by atoms with E-state index in [1.165, 1.54) is 24.3 Å². The Labute approximate surface area is 284 Å². The van der Waals surface area contributed by atoms with Crippen LogP contribution in [0.25, 0.3) is 0 Å². The Morgan fingerprint density at radius 2 is 0.571 bits per heavy atom. The minimum absolute atomic E-state index is 0. The van der Waals surface area contributed by atoms with Crippen molar-refractivity contribution in [2.24, 2.45) is 0 Å². The molecule has 0 aromatic heterocycles. The normalized spacial score (nSPS) is 8.95. The summed E-state index contributed by atoms with van der Waals surface area (Å²) < 4.78 is 0. The van der Waals surface area contributed by atoms with E-state index in [0.29, 0.717) is 0 Å². The second-order valence-corrected chi connectivity index (χ2v) is 9.61. The molecule has 236 valence electrons. The van der Waals surface area contributed by atoms with Crippen molar-refractivity contribution in [3.8, 4) is 11.5 Å². The summed E-state index contributed by atoms with van der Waals surface area (Å²) in [5.41, 5.74) is 0.0663. The summed E-state index contributed by atoms with van der Waals surface area (Å²) in [6, 6.07) is 11.8. The Kier molecular flexibility index (Phi) is 51.2. The molecule has 2 aromatic carbocycles. The molecule has 0 unspecified atom stereocenters. The Morgan fingerprint density at radius 3 is 0.714 bits per heavy atom. The molecule has 0 amide bonds. The topological polar surface area (TPSA) is 202 Å². The second kappa shape index (κ2) is 37.9. The summed E-state index contributed by atoms with van der Waals surface area (Å²) in [5.74, 6) is -1.25. The number of rotatable bonds is 2. The van der Waals surface area contributed by atoms with Crippen molar-refractivity contribution in [3.05, 3.63) is 59.7 Å². The largest absolute Gasteiger partial charge is 4.00 e. The van der Waals surface area contributed by atoms with E-state index in [0.717, 1.165) is 0 Å². The smallest absolute Gasteiger partial charge is 0.872 e. The van der Waals surface area contributed by atoms with Crippen molar-refractivity contribution in [1.29, 1.82) is 0 Å². The predicted octanol–water partition coefficient (Wildman–Crippen LogP) is -0.410. The van der Waals surface area contributed by atoms with E-state index < -0.39 is 42.4 Å². The molecule has 0 bridgehead atoms. The van der Waals surface area contributed by atoms with Crippen LogP contribution in [0.15, 0.2) is 48.5 Å². The van der Waals surface area contributed by atoms with Gasteiger partial charge >= 0.3 is 43.4 Å². The monoisotopic (exact) mass is 662 g/mol. The van der Waals surface area contributed by atoms with Gasteiger partial charge in [-0.15, -0.1) is 36.6 Å². The van der Waals surface area contributed by atoms with Crippen LogP contribution in [0.5, 0.6) is 11.5 Å². The average Bonchev–Trinajstić information content (AvgIpc) is 2.71. The molecule has 0 saturated heterocycles. The molecular formula is C31H50O9Ti2. The minimum Gasteiger partial charge on any atom is -0.872 e. The molecule has 0 heterocycles. The van der Waals surface area contributed by atoms with E-state index in [2.05, 4.69) is 0 Å². The summed E-state index contributed by atoms with van der Waals surface area (Å²) in [6.07, 6.45) is -2.50. The molecule has 0 aliphatic heterocycles. The summed E-state index contributed by atoms with van der Waals surface area (Å²) >= 11 is 0. The van der Waals surface area contributed by atoms with E-state index in [4.69, 9.17) is 0 Å². The third-order valence-corrected chi connectivity index (χ3v) is 2.26. The van der Waals surface area contributed by atoms with Crippen LogP contribution in [-0.2, 0) is 43.4 Å². The number of carbonyl (C=O) groups is 1. The number of hydrogen-bond acceptors (Lipinski definition) is 9. The van der Waals surface area contributed by atoms with Crippen LogP contribution in [0.3, 0.4) is 0 Å². The molecule has 0 fully saturated rings. The summed E-state index contributed by atoms with van der Waals surface area (Å²) in [4.78, 5) is 11.9. The first-order valence-electron chi connectivity index (χ1n) is 13.1. The zero-order valence-corrected chi connectivity index (χ0v) is 30.4. The average molecular weight is 662 g/mol. The Morgan fingerprint density at radius 1 is 0.429 bits per heavy atom. The maximum atomic E-state index is 11.9. The fraction of sp³-hybridized carbons (Fsp3) is 0.581. The van der Waals surface area contributed by atoms with Crippen molar-refractivity contribution in [1.82, 2.24) is 0 Å². The van der Waals surface area contributed by atoms with Crippen LogP contribution in [0.2, 0.25) is 0 Å². The van der Waals surface area contributed by atoms with Crippen molar-refractivity contribution in [2.45, 2.75) is 120 Å². The first-order valence-corrected chi connectivity index (χ1v) is 13.1. The van der Waals surface area contributed by atoms with Crippen molar-refractivity contribution in [3.63, 3.8) is 0 Å². The van der Waals surface area contributed by atoms with Gasteiger partial charge in [-0.25, -0.2) is 0 Å². The Balaban J connectivity index is -0.0000000789. The molecule has 0 radical (unpaired) electrons. The first-order chi connectivity index (χ1) is 18.1. The molecule has 2 aromatic rings. The molecule has 0 spiro atoms. The number of carbonyl (C=O) groups excluding carboxylic acids is 1. The van der Waals surface area contributed by atoms with Crippen LogP contribution in [0.4, 0.5) is 0 Å². The summed E-state index contributed by atoms with van der Waals surface area (Å²) in [5, 5.41) is 80.0. The zero-order valence-electron chi connectivity index (χ0n) is 27.3. The maximum Gasteiger partial charge on any atom is 4.00 e. The van der Waals surface area contributed by atoms with Gasteiger partial charge in [0.15, 0.2) is 5.78 Å². The number of ketones is 1. The molecule has 0 N–H and O–H groups in total. The third kappa shape index (κ3) is 66.9. The van der Waals surface area contributed by atoms with Gasteiger partial charge in [0.2, 0.25) is 0 Å². The van der Waals surface area contributed by atoms with Gasteiger partial charge in [-0.3, -0.25) is 4.79 Å². The molecule has 9 nitrogen and oxygen atoms in total. The molecule has 0 aliphatic carbocycles. The molecule has 11 heteroatoms. The van der Waals surface area contributed by atoms with Crippen molar-refractivity contribution in [2.75, 3.05) is 0 Å². The molecule has 0 saturated carbocycles. The number of benzene rings is 2. The predicted molar refractivity (Wildman–Crippen MR) is 146 cm³/mol. The Bertz CT molecular complexity index is 704. The standard InChI is InChI=1S/C13H10O3.6C3H7O.2Ti/c14-11-7-3-1-5-9(11)13(16)10-6-2-4-8-12(10)15;6*1-3(2)4;;/h1-8,14-15H;6*3H,1-2H3;;/q;6*-1;2*+4/p-2. The number of hydrogen-bond donors (Lipinski definition) is 0. The first kappa shape index (κ1) is 56.7. The quantitative estimate of drug-likeness (QED) is 0.303. The van der Waals surface area contributed by atoms with Gasteiger partial charge in [0.05, 0.1) is 0 Å². The van der Waals surface area contributed by atoms with Gasteiger partial charge < -0.3 is 40.9 Å². The summed E-state index contributed by atoms with van der Waals surface area (Å²) in [7, 11) is 0. The van der Waals surface area contributed by atoms with Gasteiger partial charge in [-0.1, -0.05) is 143 Å². The van der Waals surface area contributed by atoms with Crippen LogP contribution < -0.4 is 40.9 Å². The van der Waals surface area contributed by atoms with E-state index in [9.17, 15) is 45.6 Å². The fourth-order valence-electron chi connectivity index (χ4n) is 1.45. The SMILES string of the molecule is CC(C)[O-].CC(C)[O-].CC(C)[O-].CC(C)[O-].CC(C)[O-].CC(C)[O-].O=C(c1ccccc1[O-])c1ccccc1[O-].[Ti+4].[Ti+4]. The zero-order chi connectivity index (χ0) is 33.0. The molecule has 0 aliphatic rings. The van der Waals surface area contributed by atoms with E-state index >= 15 is 0 Å². The van der Waals surface area contributed by atoms with Crippen molar-refractivity contribution >= 4 is 5.78 Å². The molecule has 0 atom stereocenters. The Hall–Kier alpha value is -1.10. The van der Waals surface area contributed by atoms with Crippen LogP contribution in [0.1, 0.15) is 99.0 Å². The fourth-order valence-corrected chi connectivity index (χ4v) is 1.45. The van der Waals surface area contributed by atoms with Gasteiger partial charge in [0.1, 0.15) is 0 Å².